The highest BCUT2D eigenvalue weighted by molar-refractivity contribution is 5.86. The number of fused-ring (bicyclic) bond motifs is 1. The number of benzene rings is 1. The Morgan fingerprint density at radius 1 is 1.16 bits per heavy atom. The number of carbonyl (C=O) groups excluding carboxylic acids is 1. The smallest absolute Gasteiger partial charge is 0.234 e. The zero-order chi connectivity index (χ0) is 22.1. The zero-order valence-corrected chi connectivity index (χ0v) is 19.1. The predicted octanol–water partition coefficient (Wildman–Crippen LogP) is 0.625. The number of carbonyl (C=O) groups is 1. The third-order valence-electron chi connectivity index (χ3n) is 7.17. The molecule has 0 radical (unpaired) electrons. The molecule has 4 N–H and O–H groups in total. The van der Waals surface area contributed by atoms with Gasteiger partial charge in [-0.05, 0) is 52.0 Å². The maximum Gasteiger partial charge on any atom is 0.234 e. The van der Waals surface area contributed by atoms with Crippen molar-refractivity contribution in [2.24, 2.45) is 0 Å². The number of para-hydroxylation sites is 1. The summed E-state index contributed by atoms with van der Waals surface area (Å²) in [6, 6.07) is 13.0. The minimum absolute atomic E-state index is 0.0334. The first kappa shape index (κ1) is 21.7. The van der Waals surface area contributed by atoms with Gasteiger partial charge in [-0.2, -0.15) is 0 Å². The van der Waals surface area contributed by atoms with E-state index in [4.69, 9.17) is 4.98 Å². The van der Waals surface area contributed by atoms with Gasteiger partial charge >= 0.3 is 0 Å². The van der Waals surface area contributed by atoms with Crippen molar-refractivity contribution in [2.45, 2.75) is 49.7 Å². The number of likely N-dealkylation sites (N-methyl/N-ethyl adjacent to an activating group) is 1. The molecule has 0 saturated carbocycles. The molecule has 5 atom stereocenters. The molecule has 1 aromatic heterocycles. The summed E-state index contributed by atoms with van der Waals surface area (Å²) in [5, 5.41) is 15.3. The van der Waals surface area contributed by atoms with Gasteiger partial charge in [0.15, 0.2) is 0 Å². The summed E-state index contributed by atoms with van der Waals surface area (Å²) in [4.78, 5) is 23.0. The quantitative estimate of drug-likeness (QED) is 0.546. The van der Waals surface area contributed by atoms with Crippen LogP contribution >= 0.6 is 0 Å². The van der Waals surface area contributed by atoms with E-state index in [0.29, 0.717) is 12.1 Å². The van der Waals surface area contributed by atoms with E-state index in [-0.39, 0.29) is 24.3 Å². The van der Waals surface area contributed by atoms with Crippen LogP contribution in [0.4, 0.5) is 0 Å². The topological polar surface area (TPSA) is 84.6 Å². The largest absolute Gasteiger partial charge is 0.327 e. The van der Waals surface area contributed by atoms with E-state index in [1.165, 1.54) is 0 Å². The number of nitrogens with one attached hydrogen (secondary N) is 4. The van der Waals surface area contributed by atoms with E-state index in [0.717, 1.165) is 62.0 Å². The summed E-state index contributed by atoms with van der Waals surface area (Å²) in [5.74, 6) is -0.351. The van der Waals surface area contributed by atoms with E-state index in [1.807, 2.05) is 24.3 Å². The van der Waals surface area contributed by atoms with Gasteiger partial charge < -0.3 is 15.5 Å². The average molecular weight is 438 g/mol. The summed E-state index contributed by atoms with van der Waals surface area (Å²) in [7, 11) is 4.26. The summed E-state index contributed by atoms with van der Waals surface area (Å²) >= 11 is 0. The van der Waals surface area contributed by atoms with Gasteiger partial charge in [0.1, 0.15) is 12.2 Å². The van der Waals surface area contributed by atoms with Gasteiger partial charge in [0.2, 0.25) is 5.91 Å². The molecule has 4 heterocycles. The number of amides is 1. The summed E-state index contributed by atoms with van der Waals surface area (Å²) < 4.78 is 0. The molecule has 3 fully saturated rings. The highest BCUT2D eigenvalue weighted by Crippen LogP contribution is 2.26. The number of hydrogen-bond acceptors (Lipinski definition) is 7. The highest BCUT2D eigenvalue weighted by Gasteiger charge is 2.42. The van der Waals surface area contributed by atoms with Gasteiger partial charge in [0, 0.05) is 37.1 Å². The molecule has 0 aliphatic carbocycles. The second-order valence-corrected chi connectivity index (χ2v) is 9.57. The van der Waals surface area contributed by atoms with Gasteiger partial charge in [-0.1, -0.05) is 24.3 Å². The normalized spacial score (nSPS) is 31.8. The number of rotatable bonds is 5. The van der Waals surface area contributed by atoms with Crippen LogP contribution in [0.25, 0.3) is 10.9 Å². The first-order valence-corrected chi connectivity index (χ1v) is 11.9. The number of piperidine rings is 1. The van der Waals surface area contributed by atoms with Crippen LogP contribution in [0.3, 0.4) is 0 Å². The molecule has 2 aromatic rings. The van der Waals surface area contributed by atoms with E-state index in [9.17, 15) is 4.79 Å². The molecule has 5 rings (SSSR count). The fraction of sp³-hybridized carbons (Fsp3) is 0.583. The van der Waals surface area contributed by atoms with E-state index >= 15 is 0 Å². The van der Waals surface area contributed by atoms with E-state index in [2.05, 4.69) is 57.3 Å². The van der Waals surface area contributed by atoms with Crippen LogP contribution in [-0.4, -0.2) is 85.5 Å². The second kappa shape index (κ2) is 9.41. The number of aromatic nitrogens is 1. The van der Waals surface area contributed by atoms with E-state index < -0.39 is 0 Å². The first-order valence-electron chi connectivity index (χ1n) is 11.9. The summed E-state index contributed by atoms with van der Waals surface area (Å²) in [5.41, 5.74) is 1.73. The second-order valence-electron chi connectivity index (χ2n) is 9.57. The van der Waals surface area contributed by atoms with Crippen LogP contribution < -0.4 is 21.3 Å². The monoisotopic (exact) mass is 437 g/mol. The number of likely N-dealkylation sites (tertiary alicyclic amines) is 1. The number of pyridine rings is 1. The molecule has 1 aromatic carbocycles. The van der Waals surface area contributed by atoms with E-state index in [1.54, 1.807) is 0 Å². The van der Waals surface area contributed by atoms with Crippen LogP contribution in [0.5, 0.6) is 0 Å². The Bertz CT molecular complexity index is 945. The fourth-order valence-electron chi connectivity index (χ4n) is 5.26. The van der Waals surface area contributed by atoms with Crippen LogP contribution in [0.2, 0.25) is 0 Å². The maximum absolute atomic E-state index is 13.5. The van der Waals surface area contributed by atoms with Crippen molar-refractivity contribution in [3.63, 3.8) is 0 Å². The number of hydrogen-bond donors (Lipinski definition) is 4. The lowest BCUT2D eigenvalue weighted by atomic mass is 9.95. The van der Waals surface area contributed by atoms with Crippen molar-refractivity contribution in [1.82, 2.24) is 36.1 Å². The molecule has 3 unspecified atom stereocenters. The van der Waals surface area contributed by atoms with Gasteiger partial charge in [0.25, 0.3) is 0 Å². The molecule has 0 spiro atoms. The van der Waals surface area contributed by atoms with Crippen molar-refractivity contribution >= 4 is 16.8 Å². The third kappa shape index (κ3) is 4.51. The van der Waals surface area contributed by atoms with Crippen molar-refractivity contribution in [2.75, 3.05) is 40.3 Å². The maximum atomic E-state index is 13.5. The van der Waals surface area contributed by atoms with Gasteiger partial charge in [-0.25, -0.2) is 0 Å². The van der Waals surface area contributed by atoms with Crippen molar-refractivity contribution in [1.29, 1.82) is 0 Å². The van der Waals surface area contributed by atoms with Gasteiger partial charge in [-0.3, -0.25) is 25.3 Å². The molecule has 0 bridgehead atoms. The standard InChI is InChI=1S/C24H35N7O/c1-30(2)18-11-13-31(15-18)24-28-22(26-17-7-5-12-25-14-17)21(23(32)29-24)20-10-9-16-6-3-4-8-19(16)27-20/h3-4,6,8-10,17-18,21-22,24-26,28H,5,7,11-15H2,1-2H3,(H,29,32)/t17-,18+,21?,22?,24?/m1/s1. The Morgan fingerprint density at radius 3 is 2.81 bits per heavy atom. The third-order valence-corrected chi connectivity index (χ3v) is 7.17. The van der Waals surface area contributed by atoms with Crippen LogP contribution in [0, 0.1) is 0 Å². The molecule has 3 aliphatic heterocycles. The molecule has 1 amide bonds. The van der Waals surface area contributed by atoms with Crippen LogP contribution in [0.1, 0.15) is 30.9 Å². The van der Waals surface area contributed by atoms with Gasteiger partial charge in [-0.15, -0.1) is 0 Å². The van der Waals surface area contributed by atoms with Crippen molar-refractivity contribution in [3.8, 4) is 0 Å². The Labute approximate surface area is 190 Å². The molecule has 32 heavy (non-hydrogen) atoms. The van der Waals surface area contributed by atoms with Crippen molar-refractivity contribution < 1.29 is 4.79 Å². The molecule has 172 valence electrons. The molecular formula is C24H35N7O. The number of nitrogens with zero attached hydrogens (tertiary/aromatic N) is 3. The van der Waals surface area contributed by atoms with Crippen molar-refractivity contribution in [3.05, 3.63) is 42.1 Å². The lowest BCUT2D eigenvalue weighted by molar-refractivity contribution is -0.129. The molecule has 3 saturated heterocycles. The Hall–Kier alpha value is -2.10. The lowest BCUT2D eigenvalue weighted by Gasteiger charge is -2.43. The summed E-state index contributed by atoms with van der Waals surface area (Å²) in [6.07, 6.45) is 3.03. The SMILES string of the molecule is CN(C)[C@H]1CCN(C2NC(=O)C(c3ccc4ccccc4n3)C(N[C@@H]3CCCNC3)N2)C1. The lowest BCUT2D eigenvalue weighted by Crippen LogP contribution is -2.70. The minimum Gasteiger partial charge on any atom is -0.327 e. The molecule has 8 heteroatoms. The fourth-order valence-corrected chi connectivity index (χ4v) is 5.26. The Balaban J connectivity index is 1.40. The minimum atomic E-state index is -0.384. The van der Waals surface area contributed by atoms with Gasteiger partial charge in [0.05, 0.1) is 17.4 Å². The molecule has 8 nitrogen and oxygen atoms in total. The first-order chi connectivity index (χ1) is 15.6. The Morgan fingerprint density at radius 2 is 2.03 bits per heavy atom. The zero-order valence-electron chi connectivity index (χ0n) is 19.1. The average Bonchev–Trinajstić information content (AvgIpc) is 3.30. The van der Waals surface area contributed by atoms with Crippen LogP contribution in [-0.2, 0) is 4.79 Å². The highest BCUT2D eigenvalue weighted by atomic mass is 16.2. The molecule has 3 aliphatic rings. The van der Waals surface area contributed by atoms with Crippen LogP contribution in [0.15, 0.2) is 36.4 Å². The summed E-state index contributed by atoms with van der Waals surface area (Å²) in [6.45, 7) is 3.91. The molecular weight excluding hydrogens is 402 g/mol. The predicted molar refractivity (Wildman–Crippen MR) is 126 cm³/mol. The Kier molecular flexibility index (Phi) is 6.39.